The van der Waals surface area contributed by atoms with Gasteiger partial charge in [0.05, 0.1) is 26.8 Å². The number of aromatic nitrogens is 3. The fraction of sp³-hybridized carbons (Fsp3) is 0.333. The highest BCUT2D eigenvalue weighted by molar-refractivity contribution is 5.90. The SMILES string of the molecule is COc1cccc(CN(C(=O)Cn2nnc3ccccc32)[C@@H](C(=O)NC(C)(C)C)c2cc(OC)cc(OC)c2)c1. The molecule has 3 aromatic carbocycles. The molecule has 0 unspecified atom stereocenters. The maximum atomic E-state index is 14.2. The molecule has 10 heteroatoms. The van der Waals surface area contributed by atoms with Crippen LogP contribution < -0.4 is 19.5 Å². The molecule has 2 amide bonds. The van der Waals surface area contributed by atoms with Crippen LogP contribution in [0.5, 0.6) is 17.2 Å². The quantitative estimate of drug-likeness (QED) is 0.319. The average molecular weight is 546 g/mol. The highest BCUT2D eigenvalue weighted by Crippen LogP contribution is 2.32. The van der Waals surface area contributed by atoms with Crippen LogP contribution in [0.2, 0.25) is 0 Å². The highest BCUT2D eigenvalue weighted by atomic mass is 16.5. The van der Waals surface area contributed by atoms with Crippen LogP contribution in [0.4, 0.5) is 0 Å². The minimum absolute atomic E-state index is 0.120. The van der Waals surface area contributed by atoms with E-state index in [9.17, 15) is 9.59 Å². The van der Waals surface area contributed by atoms with Crippen molar-refractivity contribution in [3.63, 3.8) is 0 Å². The van der Waals surface area contributed by atoms with Crippen LogP contribution in [-0.2, 0) is 22.7 Å². The lowest BCUT2D eigenvalue weighted by molar-refractivity contribution is -0.142. The number of carbonyl (C=O) groups excluding carboxylic acids is 2. The first-order valence-electron chi connectivity index (χ1n) is 12.9. The molecule has 0 spiro atoms. The molecule has 1 atom stereocenters. The van der Waals surface area contributed by atoms with Gasteiger partial charge in [0.1, 0.15) is 35.4 Å². The number of hydrogen-bond acceptors (Lipinski definition) is 7. The van der Waals surface area contributed by atoms with Gasteiger partial charge in [-0.1, -0.05) is 29.5 Å². The van der Waals surface area contributed by atoms with Crippen molar-refractivity contribution >= 4 is 22.8 Å². The lowest BCUT2D eigenvalue weighted by Gasteiger charge is -2.34. The van der Waals surface area contributed by atoms with Gasteiger partial charge in [-0.3, -0.25) is 9.59 Å². The standard InChI is InChI=1S/C30H35N5O5/c1-30(2,3)31-29(37)28(21-15-23(39-5)17-24(16-21)40-6)34(18-20-10-9-11-22(14-20)38-4)27(36)19-35-26-13-8-7-12-25(26)32-33-35/h7-17,28H,18-19H2,1-6H3,(H,31,37)/t28-/m1/s1. The van der Waals surface area contributed by atoms with Crippen molar-refractivity contribution in [2.45, 2.75) is 45.4 Å². The minimum Gasteiger partial charge on any atom is -0.497 e. The summed E-state index contributed by atoms with van der Waals surface area (Å²) in [5.74, 6) is 0.973. The molecule has 0 radical (unpaired) electrons. The molecular weight excluding hydrogens is 510 g/mol. The van der Waals surface area contributed by atoms with Crippen molar-refractivity contribution in [3.05, 3.63) is 77.9 Å². The van der Waals surface area contributed by atoms with E-state index in [-0.39, 0.29) is 24.9 Å². The van der Waals surface area contributed by atoms with Gasteiger partial charge in [-0.05, 0) is 68.3 Å². The average Bonchev–Trinajstić information content (AvgIpc) is 3.34. The van der Waals surface area contributed by atoms with Crippen LogP contribution in [0.1, 0.15) is 37.9 Å². The van der Waals surface area contributed by atoms with Gasteiger partial charge in [0, 0.05) is 18.2 Å². The Morgan fingerprint density at radius 2 is 1.57 bits per heavy atom. The van der Waals surface area contributed by atoms with Crippen molar-refractivity contribution in [3.8, 4) is 17.2 Å². The summed E-state index contributed by atoms with van der Waals surface area (Å²) in [5.41, 5.74) is 2.17. The number of para-hydroxylation sites is 1. The van der Waals surface area contributed by atoms with Gasteiger partial charge >= 0.3 is 0 Å². The van der Waals surface area contributed by atoms with Crippen molar-refractivity contribution in [1.82, 2.24) is 25.2 Å². The Balaban J connectivity index is 1.84. The summed E-state index contributed by atoms with van der Waals surface area (Å²) < 4.78 is 17.9. The zero-order chi connectivity index (χ0) is 28.9. The number of methoxy groups -OCH3 is 3. The molecule has 0 bridgehead atoms. The van der Waals surface area contributed by atoms with E-state index in [0.717, 1.165) is 11.1 Å². The first kappa shape index (κ1) is 28.4. The fourth-order valence-corrected chi connectivity index (χ4v) is 4.44. The molecule has 0 fully saturated rings. The lowest BCUT2D eigenvalue weighted by atomic mass is 10.00. The minimum atomic E-state index is -1.02. The number of nitrogens with zero attached hydrogens (tertiary/aromatic N) is 4. The normalized spacial score (nSPS) is 12.1. The Morgan fingerprint density at radius 1 is 0.900 bits per heavy atom. The van der Waals surface area contributed by atoms with E-state index in [2.05, 4.69) is 15.6 Å². The monoisotopic (exact) mass is 545 g/mol. The number of amides is 2. The van der Waals surface area contributed by atoms with Gasteiger partial charge in [-0.15, -0.1) is 5.10 Å². The smallest absolute Gasteiger partial charge is 0.247 e. The van der Waals surface area contributed by atoms with Crippen molar-refractivity contribution in [1.29, 1.82) is 0 Å². The number of benzene rings is 3. The Hall–Kier alpha value is -4.60. The summed E-state index contributed by atoms with van der Waals surface area (Å²) in [7, 11) is 4.66. The predicted molar refractivity (Wildman–Crippen MR) is 151 cm³/mol. The third kappa shape index (κ3) is 6.69. The Labute approximate surface area is 233 Å². The Kier molecular flexibility index (Phi) is 8.57. The van der Waals surface area contributed by atoms with Gasteiger partial charge in [-0.2, -0.15) is 0 Å². The van der Waals surface area contributed by atoms with Crippen LogP contribution in [0.15, 0.2) is 66.7 Å². The van der Waals surface area contributed by atoms with Gasteiger partial charge in [0.25, 0.3) is 0 Å². The van der Waals surface area contributed by atoms with Crippen molar-refractivity contribution in [2.24, 2.45) is 0 Å². The molecule has 0 saturated carbocycles. The molecule has 40 heavy (non-hydrogen) atoms. The first-order valence-corrected chi connectivity index (χ1v) is 12.9. The van der Waals surface area contributed by atoms with E-state index >= 15 is 0 Å². The largest absolute Gasteiger partial charge is 0.497 e. The summed E-state index contributed by atoms with van der Waals surface area (Å²) >= 11 is 0. The topological polar surface area (TPSA) is 108 Å². The third-order valence-electron chi connectivity index (χ3n) is 6.26. The zero-order valence-corrected chi connectivity index (χ0v) is 23.7. The van der Waals surface area contributed by atoms with Gasteiger partial charge in [0.2, 0.25) is 11.8 Å². The molecule has 10 nitrogen and oxygen atoms in total. The van der Waals surface area contributed by atoms with E-state index < -0.39 is 11.6 Å². The second kappa shape index (κ2) is 12.1. The molecule has 1 aromatic heterocycles. The van der Waals surface area contributed by atoms with E-state index in [1.165, 1.54) is 14.2 Å². The molecule has 210 valence electrons. The Morgan fingerprint density at radius 3 is 2.23 bits per heavy atom. The summed E-state index contributed by atoms with van der Waals surface area (Å²) in [6.45, 7) is 5.69. The van der Waals surface area contributed by atoms with E-state index in [0.29, 0.717) is 28.3 Å². The maximum Gasteiger partial charge on any atom is 0.247 e. The summed E-state index contributed by atoms with van der Waals surface area (Å²) in [4.78, 5) is 29.7. The summed E-state index contributed by atoms with van der Waals surface area (Å²) in [6, 6.07) is 19.0. The number of nitrogens with one attached hydrogen (secondary N) is 1. The van der Waals surface area contributed by atoms with Gasteiger partial charge in [-0.25, -0.2) is 4.68 Å². The zero-order valence-electron chi connectivity index (χ0n) is 23.7. The lowest BCUT2D eigenvalue weighted by Crippen LogP contribution is -2.49. The van der Waals surface area contributed by atoms with Crippen LogP contribution in [0.25, 0.3) is 11.0 Å². The molecule has 0 aliphatic rings. The molecule has 0 aliphatic heterocycles. The summed E-state index contributed by atoms with van der Waals surface area (Å²) in [6.07, 6.45) is 0. The second-order valence-corrected chi connectivity index (χ2v) is 10.4. The third-order valence-corrected chi connectivity index (χ3v) is 6.26. The van der Waals surface area contributed by atoms with E-state index in [1.54, 1.807) is 34.9 Å². The van der Waals surface area contributed by atoms with Gasteiger partial charge in [0.15, 0.2) is 0 Å². The maximum absolute atomic E-state index is 14.2. The highest BCUT2D eigenvalue weighted by Gasteiger charge is 2.34. The number of ether oxygens (including phenoxy) is 3. The molecule has 4 aromatic rings. The molecule has 1 N–H and O–H groups in total. The van der Waals surface area contributed by atoms with Crippen molar-refractivity contribution in [2.75, 3.05) is 21.3 Å². The predicted octanol–water partition coefficient (Wildman–Crippen LogP) is 4.14. The van der Waals surface area contributed by atoms with E-state index in [4.69, 9.17) is 14.2 Å². The molecular formula is C30H35N5O5. The summed E-state index contributed by atoms with van der Waals surface area (Å²) in [5, 5.41) is 11.4. The molecule has 1 heterocycles. The van der Waals surface area contributed by atoms with Crippen LogP contribution in [-0.4, -0.2) is 58.6 Å². The fourth-order valence-electron chi connectivity index (χ4n) is 4.44. The molecule has 4 rings (SSSR count). The molecule has 0 saturated heterocycles. The van der Waals surface area contributed by atoms with Crippen LogP contribution in [0, 0.1) is 0 Å². The van der Waals surface area contributed by atoms with E-state index in [1.807, 2.05) is 69.3 Å². The number of hydrogen-bond donors (Lipinski definition) is 1. The Bertz CT molecular complexity index is 1470. The van der Waals surface area contributed by atoms with Crippen molar-refractivity contribution < 1.29 is 23.8 Å². The van der Waals surface area contributed by atoms with Gasteiger partial charge < -0.3 is 24.4 Å². The van der Waals surface area contributed by atoms with Crippen LogP contribution in [0.3, 0.4) is 0 Å². The molecule has 0 aliphatic carbocycles. The number of carbonyl (C=O) groups is 2. The second-order valence-electron chi connectivity index (χ2n) is 10.4. The van der Waals surface area contributed by atoms with Crippen LogP contribution >= 0.6 is 0 Å². The number of rotatable bonds is 10. The first-order chi connectivity index (χ1) is 19.1. The number of fused-ring (bicyclic) bond motifs is 1.